The Morgan fingerprint density at radius 2 is 0.586 bits per heavy atom. The Morgan fingerprint density at radius 3 is 1.07 bits per heavy atom. The molecule has 0 fully saturated rings. The second kappa shape index (κ2) is 15.4. The quantitative estimate of drug-likeness (QED) is 0.156. The van der Waals surface area contributed by atoms with E-state index >= 15 is 0 Å². The Kier molecular flexibility index (Phi) is 9.18. The van der Waals surface area contributed by atoms with Crippen LogP contribution in [0.1, 0.15) is 0 Å². The highest BCUT2D eigenvalue weighted by molar-refractivity contribution is 5.99. The van der Waals surface area contributed by atoms with Gasteiger partial charge in [-0.1, -0.05) is 200 Å². The van der Waals surface area contributed by atoms with Crippen molar-refractivity contribution in [2.45, 2.75) is 0 Å². The van der Waals surface area contributed by atoms with Gasteiger partial charge in [0.05, 0.1) is 22.8 Å². The summed E-state index contributed by atoms with van der Waals surface area (Å²) in [5.74, 6) is 1.41. The smallest absolute Gasteiger partial charge is 0.160 e. The molecule has 272 valence electrons. The number of hydrogen-bond donors (Lipinski definition) is 0. The molecule has 0 radical (unpaired) electrons. The molecule has 0 saturated heterocycles. The van der Waals surface area contributed by atoms with Crippen molar-refractivity contribution in [2.24, 2.45) is 0 Å². The summed E-state index contributed by atoms with van der Waals surface area (Å²) in [6.07, 6.45) is 0. The van der Waals surface area contributed by atoms with Gasteiger partial charge in [0.15, 0.2) is 11.6 Å². The SMILES string of the molecule is c1ccc(-c2cc(-c3ccc(-c4cccc5cc(-c6ccc(-c7nc(-c8ccccc8)cc(-c8ccccc8)n7)cc6)ccc45)cc3)nc(-c3ccccc3)n2)cc1. The van der Waals surface area contributed by atoms with E-state index in [1.807, 2.05) is 72.8 Å². The van der Waals surface area contributed by atoms with Gasteiger partial charge in [-0.3, -0.25) is 0 Å². The average molecular weight is 741 g/mol. The van der Waals surface area contributed by atoms with Crippen LogP contribution in [0.3, 0.4) is 0 Å². The molecule has 0 amide bonds. The van der Waals surface area contributed by atoms with Gasteiger partial charge in [-0.2, -0.15) is 0 Å². The molecular formula is C54H36N4. The zero-order valence-corrected chi connectivity index (χ0v) is 31.6. The summed E-state index contributed by atoms with van der Waals surface area (Å²) < 4.78 is 0. The van der Waals surface area contributed by atoms with Crippen LogP contribution in [0, 0.1) is 0 Å². The molecule has 0 aliphatic heterocycles. The van der Waals surface area contributed by atoms with E-state index in [2.05, 4.69) is 146 Å². The molecule has 10 rings (SSSR count). The second-order valence-corrected chi connectivity index (χ2v) is 14.3. The van der Waals surface area contributed by atoms with Crippen LogP contribution in [0.2, 0.25) is 0 Å². The third-order valence-corrected chi connectivity index (χ3v) is 10.5. The highest BCUT2D eigenvalue weighted by Gasteiger charge is 2.14. The third kappa shape index (κ3) is 7.07. The van der Waals surface area contributed by atoms with Crippen molar-refractivity contribution >= 4 is 10.8 Å². The fourth-order valence-electron chi connectivity index (χ4n) is 7.51. The van der Waals surface area contributed by atoms with Crippen LogP contribution < -0.4 is 0 Å². The number of benzene rings is 8. The monoisotopic (exact) mass is 740 g/mol. The highest BCUT2D eigenvalue weighted by Crippen LogP contribution is 2.35. The van der Waals surface area contributed by atoms with E-state index in [0.717, 1.165) is 72.8 Å². The predicted molar refractivity (Wildman–Crippen MR) is 239 cm³/mol. The molecule has 0 saturated carbocycles. The van der Waals surface area contributed by atoms with Crippen molar-refractivity contribution in [1.29, 1.82) is 0 Å². The van der Waals surface area contributed by atoms with Gasteiger partial charge in [0.2, 0.25) is 0 Å². The van der Waals surface area contributed by atoms with Crippen molar-refractivity contribution in [3.8, 4) is 90.1 Å². The third-order valence-electron chi connectivity index (χ3n) is 10.5. The Bertz CT molecular complexity index is 2890. The van der Waals surface area contributed by atoms with Crippen LogP contribution >= 0.6 is 0 Å². The summed E-state index contributed by atoms with van der Waals surface area (Å²) >= 11 is 0. The standard InChI is InChI=1S/C54H36N4/c1-5-14-39(15-6-1)49-35-50(40-16-7-2-8-17-40)57-54(56-49)44-30-24-37(25-31-44)45-32-33-48-46(34-45)22-13-23-47(48)38-26-28-42(29-27-38)52-36-51(41-18-9-3-10-19-41)55-53(58-52)43-20-11-4-12-21-43/h1-36H. The highest BCUT2D eigenvalue weighted by atomic mass is 14.9. The van der Waals surface area contributed by atoms with Crippen LogP contribution in [0.25, 0.3) is 101 Å². The first kappa shape index (κ1) is 34.7. The average Bonchev–Trinajstić information content (AvgIpc) is 3.32. The molecule has 0 bridgehead atoms. The Hall–Kier alpha value is -7.82. The van der Waals surface area contributed by atoms with E-state index < -0.39 is 0 Å². The molecule has 2 heterocycles. The molecule has 4 nitrogen and oxygen atoms in total. The largest absolute Gasteiger partial charge is 0.228 e. The fourth-order valence-corrected chi connectivity index (χ4v) is 7.51. The second-order valence-electron chi connectivity index (χ2n) is 14.3. The lowest BCUT2D eigenvalue weighted by Crippen LogP contribution is -1.96. The summed E-state index contributed by atoms with van der Waals surface area (Å²) in [7, 11) is 0. The molecule has 0 aliphatic rings. The maximum absolute atomic E-state index is 5.03. The van der Waals surface area contributed by atoms with Crippen LogP contribution in [0.15, 0.2) is 218 Å². The van der Waals surface area contributed by atoms with Crippen molar-refractivity contribution in [3.05, 3.63) is 218 Å². The first-order valence-corrected chi connectivity index (χ1v) is 19.5. The maximum atomic E-state index is 5.03. The van der Waals surface area contributed by atoms with E-state index in [0.29, 0.717) is 11.6 Å². The van der Waals surface area contributed by atoms with Gasteiger partial charge in [0.25, 0.3) is 0 Å². The number of fused-ring (bicyclic) bond motifs is 1. The van der Waals surface area contributed by atoms with Crippen LogP contribution in [0.4, 0.5) is 0 Å². The van der Waals surface area contributed by atoms with Gasteiger partial charge in [0.1, 0.15) is 0 Å². The van der Waals surface area contributed by atoms with Gasteiger partial charge in [-0.05, 0) is 51.2 Å². The summed E-state index contributed by atoms with van der Waals surface area (Å²) in [6.45, 7) is 0. The Labute approximate surface area is 337 Å². The molecular weight excluding hydrogens is 705 g/mol. The first-order valence-electron chi connectivity index (χ1n) is 19.5. The molecule has 2 aromatic heterocycles. The van der Waals surface area contributed by atoms with E-state index in [1.165, 1.54) is 16.3 Å². The van der Waals surface area contributed by atoms with E-state index in [4.69, 9.17) is 19.9 Å². The van der Waals surface area contributed by atoms with E-state index in [9.17, 15) is 0 Å². The number of rotatable bonds is 8. The molecule has 8 aromatic carbocycles. The van der Waals surface area contributed by atoms with Gasteiger partial charge < -0.3 is 0 Å². The Balaban J connectivity index is 0.947. The molecule has 10 aromatic rings. The molecule has 0 unspecified atom stereocenters. The number of aromatic nitrogens is 4. The molecule has 0 aliphatic carbocycles. The van der Waals surface area contributed by atoms with Gasteiger partial charge >= 0.3 is 0 Å². The Morgan fingerprint density at radius 1 is 0.224 bits per heavy atom. The van der Waals surface area contributed by atoms with E-state index in [-0.39, 0.29) is 0 Å². The van der Waals surface area contributed by atoms with Gasteiger partial charge in [-0.15, -0.1) is 0 Å². The normalized spacial score (nSPS) is 11.1. The van der Waals surface area contributed by atoms with Crippen molar-refractivity contribution < 1.29 is 0 Å². The summed E-state index contributed by atoms with van der Waals surface area (Å²) in [6, 6.07) is 75.8. The molecule has 4 heteroatoms. The lowest BCUT2D eigenvalue weighted by molar-refractivity contribution is 1.18. The van der Waals surface area contributed by atoms with Gasteiger partial charge in [0, 0.05) is 33.4 Å². The molecule has 0 atom stereocenters. The van der Waals surface area contributed by atoms with Crippen LogP contribution in [-0.2, 0) is 0 Å². The van der Waals surface area contributed by atoms with Crippen LogP contribution in [-0.4, -0.2) is 19.9 Å². The zero-order valence-electron chi connectivity index (χ0n) is 31.6. The molecule has 0 N–H and O–H groups in total. The van der Waals surface area contributed by atoms with E-state index in [1.54, 1.807) is 0 Å². The summed E-state index contributed by atoms with van der Waals surface area (Å²) in [4.78, 5) is 20.0. The fraction of sp³-hybridized carbons (Fsp3) is 0. The minimum Gasteiger partial charge on any atom is -0.228 e. The summed E-state index contributed by atoms with van der Waals surface area (Å²) in [5.41, 5.74) is 14.4. The van der Waals surface area contributed by atoms with Crippen LogP contribution in [0.5, 0.6) is 0 Å². The van der Waals surface area contributed by atoms with Gasteiger partial charge in [-0.25, -0.2) is 19.9 Å². The predicted octanol–water partition coefficient (Wildman–Crippen LogP) is 13.8. The van der Waals surface area contributed by atoms with Crippen molar-refractivity contribution in [2.75, 3.05) is 0 Å². The number of hydrogen-bond acceptors (Lipinski definition) is 4. The zero-order chi connectivity index (χ0) is 38.7. The minimum absolute atomic E-state index is 0.703. The lowest BCUT2D eigenvalue weighted by atomic mass is 9.94. The minimum atomic E-state index is 0.703. The van der Waals surface area contributed by atoms with Crippen molar-refractivity contribution in [3.63, 3.8) is 0 Å². The molecule has 58 heavy (non-hydrogen) atoms. The van der Waals surface area contributed by atoms with Crippen molar-refractivity contribution in [1.82, 2.24) is 19.9 Å². The molecule has 0 spiro atoms. The first-order chi connectivity index (χ1) is 28.7. The summed E-state index contributed by atoms with van der Waals surface area (Å²) in [5, 5.41) is 2.39. The lowest BCUT2D eigenvalue weighted by Gasteiger charge is -2.12. The number of nitrogens with zero attached hydrogens (tertiary/aromatic N) is 4. The maximum Gasteiger partial charge on any atom is 0.160 e. The topological polar surface area (TPSA) is 51.6 Å².